The largest absolute Gasteiger partial charge is 0.475 e. The summed E-state index contributed by atoms with van der Waals surface area (Å²) in [6.07, 6.45) is 1.11. The predicted octanol–water partition coefficient (Wildman–Crippen LogP) is 0.704. The van der Waals surface area contributed by atoms with E-state index >= 15 is 0 Å². The van der Waals surface area contributed by atoms with Crippen LogP contribution in [0, 0.1) is 6.92 Å². The third kappa shape index (κ3) is 5.32. The van der Waals surface area contributed by atoms with Gasteiger partial charge >= 0.3 is 5.97 Å². The summed E-state index contributed by atoms with van der Waals surface area (Å²) in [5.74, 6) is -0.685. The first-order chi connectivity index (χ1) is 9.00. The van der Waals surface area contributed by atoms with Crippen molar-refractivity contribution < 1.29 is 22.7 Å². The number of carbonyl (C=O) groups is 1. The number of nitrogens with one attached hydrogen (secondary N) is 2. The van der Waals surface area contributed by atoms with Gasteiger partial charge in [-0.3, -0.25) is 0 Å². The quantitative estimate of drug-likeness (QED) is 0.684. The van der Waals surface area contributed by atoms with E-state index in [0.717, 1.165) is 11.8 Å². The molecule has 0 radical (unpaired) electrons. The van der Waals surface area contributed by atoms with Gasteiger partial charge in [-0.25, -0.2) is 17.9 Å². The Hall–Kier alpha value is -1.38. The van der Waals surface area contributed by atoms with Crippen molar-refractivity contribution in [3.63, 3.8) is 0 Å². The normalized spacial score (nSPS) is 12.6. The lowest BCUT2D eigenvalue weighted by atomic mass is 10.1. The maximum absolute atomic E-state index is 11.2. The molecule has 20 heavy (non-hydrogen) atoms. The van der Waals surface area contributed by atoms with Gasteiger partial charge in [-0.1, -0.05) is 0 Å². The molecule has 1 aromatic rings. The van der Waals surface area contributed by atoms with Gasteiger partial charge in [0.05, 0.1) is 6.26 Å². The van der Waals surface area contributed by atoms with Crippen LogP contribution in [0.5, 0.6) is 0 Å². The topological polar surface area (TPSA) is 109 Å². The molecule has 7 nitrogen and oxygen atoms in total. The van der Waals surface area contributed by atoms with E-state index in [1.165, 1.54) is 6.07 Å². The maximum Gasteiger partial charge on any atom is 0.371 e. The molecular formula is C12H20N2O5S. The van der Waals surface area contributed by atoms with Crippen LogP contribution >= 0.6 is 0 Å². The van der Waals surface area contributed by atoms with E-state index in [4.69, 9.17) is 9.52 Å². The summed E-state index contributed by atoms with van der Waals surface area (Å²) in [6, 6.07) is 1.46. The van der Waals surface area contributed by atoms with Crippen molar-refractivity contribution >= 4 is 16.0 Å². The van der Waals surface area contributed by atoms with Gasteiger partial charge in [-0.2, -0.15) is 0 Å². The average molecular weight is 304 g/mol. The van der Waals surface area contributed by atoms with Crippen molar-refractivity contribution in [3.8, 4) is 0 Å². The summed E-state index contributed by atoms with van der Waals surface area (Å²) in [5, 5.41) is 11.9. The van der Waals surface area contributed by atoms with Crippen LogP contribution in [-0.2, 0) is 16.6 Å². The minimum Gasteiger partial charge on any atom is -0.475 e. The van der Waals surface area contributed by atoms with E-state index in [0.29, 0.717) is 18.8 Å². The summed E-state index contributed by atoms with van der Waals surface area (Å²) in [6.45, 7) is 5.99. The van der Waals surface area contributed by atoms with Crippen molar-refractivity contribution in [2.45, 2.75) is 32.9 Å². The van der Waals surface area contributed by atoms with Crippen molar-refractivity contribution in [2.75, 3.05) is 12.8 Å². The molecule has 0 saturated carbocycles. The number of rotatable bonds is 7. The number of sulfonamides is 1. The van der Waals surface area contributed by atoms with Crippen LogP contribution in [-0.4, -0.2) is 37.8 Å². The van der Waals surface area contributed by atoms with E-state index in [2.05, 4.69) is 10.0 Å². The molecule has 0 aromatic carbocycles. The van der Waals surface area contributed by atoms with Crippen LogP contribution in [0.25, 0.3) is 0 Å². The number of hydrogen-bond donors (Lipinski definition) is 3. The second-order valence-electron chi connectivity index (χ2n) is 5.36. The highest BCUT2D eigenvalue weighted by Crippen LogP contribution is 2.14. The number of carboxylic acid groups (broad SMARTS) is 1. The predicted molar refractivity (Wildman–Crippen MR) is 74.2 cm³/mol. The summed E-state index contributed by atoms with van der Waals surface area (Å²) in [7, 11) is -3.28. The zero-order chi connectivity index (χ0) is 15.6. The molecule has 1 rings (SSSR count). The summed E-state index contributed by atoms with van der Waals surface area (Å²) < 4.78 is 30.0. The van der Waals surface area contributed by atoms with E-state index in [1.807, 2.05) is 0 Å². The van der Waals surface area contributed by atoms with Gasteiger partial charge < -0.3 is 14.8 Å². The van der Waals surface area contributed by atoms with Crippen LogP contribution in [0.3, 0.4) is 0 Å². The van der Waals surface area contributed by atoms with Crippen LogP contribution in [0.15, 0.2) is 10.5 Å². The molecule has 1 heterocycles. The van der Waals surface area contributed by atoms with E-state index in [9.17, 15) is 13.2 Å². The maximum atomic E-state index is 11.2. The Labute approximate surface area is 118 Å². The van der Waals surface area contributed by atoms with E-state index in [-0.39, 0.29) is 5.76 Å². The average Bonchev–Trinajstić information content (AvgIpc) is 2.56. The Bertz CT molecular complexity index is 589. The highest BCUT2D eigenvalue weighted by molar-refractivity contribution is 7.88. The molecule has 0 amide bonds. The van der Waals surface area contributed by atoms with Crippen LogP contribution in [0.4, 0.5) is 0 Å². The molecule has 0 aliphatic rings. The lowest BCUT2D eigenvalue weighted by Gasteiger charge is -2.25. The summed E-state index contributed by atoms with van der Waals surface area (Å²) in [5.41, 5.74) is 0.0958. The number of aryl methyl sites for hydroxylation is 1. The molecule has 114 valence electrons. The van der Waals surface area contributed by atoms with Crippen molar-refractivity contribution in [1.29, 1.82) is 0 Å². The fraction of sp³-hybridized carbons (Fsp3) is 0.583. The molecule has 3 N–H and O–H groups in total. The molecule has 1 aromatic heterocycles. The number of hydrogen-bond acceptors (Lipinski definition) is 5. The molecule has 0 bridgehead atoms. The molecular weight excluding hydrogens is 284 g/mol. The molecule has 0 aliphatic carbocycles. The molecule has 0 spiro atoms. The monoisotopic (exact) mass is 304 g/mol. The Morgan fingerprint density at radius 2 is 2.05 bits per heavy atom. The van der Waals surface area contributed by atoms with Gasteiger partial charge in [-0.15, -0.1) is 0 Å². The molecule has 0 aliphatic heterocycles. The zero-order valence-corrected chi connectivity index (χ0v) is 12.8. The van der Waals surface area contributed by atoms with Gasteiger partial charge in [0.1, 0.15) is 5.76 Å². The van der Waals surface area contributed by atoms with Gasteiger partial charge in [0, 0.05) is 24.2 Å². The Kier molecular flexibility index (Phi) is 4.95. The first kappa shape index (κ1) is 16.7. The fourth-order valence-electron chi connectivity index (χ4n) is 1.85. The Morgan fingerprint density at radius 1 is 1.45 bits per heavy atom. The Morgan fingerprint density at radius 3 is 2.50 bits per heavy atom. The molecule has 8 heteroatoms. The second kappa shape index (κ2) is 5.94. The summed E-state index contributed by atoms with van der Waals surface area (Å²) in [4.78, 5) is 10.8. The third-order valence-electron chi connectivity index (χ3n) is 2.58. The van der Waals surface area contributed by atoms with Crippen molar-refractivity contribution in [1.82, 2.24) is 10.0 Å². The third-order valence-corrected chi connectivity index (χ3v) is 3.50. The molecule has 0 unspecified atom stereocenters. The zero-order valence-electron chi connectivity index (χ0n) is 12.0. The van der Waals surface area contributed by atoms with Crippen LogP contribution in [0.2, 0.25) is 0 Å². The number of furan rings is 1. The van der Waals surface area contributed by atoms with Gasteiger partial charge in [0.2, 0.25) is 15.8 Å². The second-order valence-corrected chi connectivity index (χ2v) is 7.11. The first-order valence-electron chi connectivity index (χ1n) is 6.02. The minimum atomic E-state index is -3.28. The highest BCUT2D eigenvalue weighted by Gasteiger charge is 2.22. The fourth-order valence-corrected chi connectivity index (χ4v) is 2.92. The molecule has 0 saturated heterocycles. The standard InChI is InChI=1S/C12H20N2O5S/c1-8-9(5-10(19-8)11(15)16)6-13-7-12(2,3)14-20(4,17)18/h5,13-14H,6-7H2,1-4H3,(H,15,16). The lowest BCUT2D eigenvalue weighted by molar-refractivity contribution is 0.0661. The number of carboxylic acids is 1. The van der Waals surface area contributed by atoms with Gasteiger partial charge in [0.25, 0.3) is 0 Å². The smallest absolute Gasteiger partial charge is 0.371 e. The summed E-state index contributed by atoms with van der Waals surface area (Å²) >= 11 is 0. The van der Waals surface area contributed by atoms with Crippen molar-refractivity contribution in [3.05, 3.63) is 23.2 Å². The molecule has 0 fully saturated rings. The first-order valence-corrected chi connectivity index (χ1v) is 7.91. The van der Waals surface area contributed by atoms with Gasteiger partial charge in [-0.05, 0) is 26.8 Å². The van der Waals surface area contributed by atoms with Crippen molar-refractivity contribution in [2.24, 2.45) is 0 Å². The molecule has 0 atom stereocenters. The van der Waals surface area contributed by atoms with E-state index in [1.54, 1.807) is 20.8 Å². The SMILES string of the molecule is Cc1oc(C(=O)O)cc1CNCC(C)(C)NS(C)(=O)=O. The Balaban J connectivity index is 2.58. The highest BCUT2D eigenvalue weighted by atomic mass is 32.2. The lowest BCUT2D eigenvalue weighted by Crippen LogP contribution is -2.49. The van der Waals surface area contributed by atoms with Crippen LogP contribution < -0.4 is 10.0 Å². The van der Waals surface area contributed by atoms with E-state index < -0.39 is 21.5 Å². The number of aromatic carboxylic acids is 1. The van der Waals surface area contributed by atoms with Gasteiger partial charge in [0.15, 0.2) is 0 Å². The van der Waals surface area contributed by atoms with Crippen LogP contribution in [0.1, 0.15) is 35.7 Å². The minimum absolute atomic E-state index is 0.104.